The minimum atomic E-state index is -0.244. The zero-order chi connectivity index (χ0) is 9.42. The fourth-order valence-corrected chi connectivity index (χ4v) is 1.61. The summed E-state index contributed by atoms with van der Waals surface area (Å²) in [6, 6.07) is 0. The Morgan fingerprint density at radius 1 is 1.69 bits per heavy atom. The molecular weight excluding hydrogens is 194 g/mol. The Morgan fingerprint density at radius 3 is 3.08 bits per heavy atom. The first-order valence-corrected chi connectivity index (χ1v) is 4.26. The van der Waals surface area contributed by atoms with Crippen LogP contribution >= 0.6 is 11.6 Å². The molecule has 13 heavy (non-hydrogen) atoms. The zero-order valence-electron chi connectivity index (χ0n) is 6.75. The monoisotopic (exact) mass is 201 g/mol. The lowest BCUT2D eigenvalue weighted by Gasteiger charge is -2.13. The van der Waals surface area contributed by atoms with Gasteiger partial charge in [0, 0.05) is 6.54 Å². The number of rotatable bonds is 1. The summed E-state index contributed by atoms with van der Waals surface area (Å²) in [7, 11) is 0. The summed E-state index contributed by atoms with van der Waals surface area (Å²) in [5, 5.41) is 15.8. The van der Waals surface area contributed by atoms with Gasteiger partial charge in [0.05, 0.1) is 18.2 Å². The Hall–Kier alpha value is -1.07. The van der Waals surface area contributed by atoms with Crippen molar-refractivity contribution in [3.63, 3.8) is 0 Å². The summed E-state index contributed by atoms with van der Waals surface area (Å²) in [6.07, 6.45) is 0. The quantitative estimate of drug-likeness (QED) is 0.660. The van der Waals surface area contributed by atoms with Gasteiger partial charge >= 0.3 is 0 Å². The van der Waals surface area contributed by atoms with Crippen molar-refractivity contribution in [2.24, 2.45) is 0 Å². The Bertz CT molecular complexity index is 361. The van der Waals surface area contributed by atoms with E-state index in [0.29, 0.717) is 24.5 Å². The van der Waals surface area contributed by atoms with E-state index in [1.165, 1.54) is 4.68 Å². The lowest BCUT2D eigenvalue weighted by Crippen LogP contribution is -2.35. The number of nitrogens with zero attached hydrogens (tertiary/aromatic N) is 2. The molecule has 1 aliphatic rings. The van der Waals surface area contributed by atoms with E-state index in [2.05, 4.69) is 10.4 Å². The van der Waals surface area contributed by atoms with Crippen LogP contribution in [0.2, 0.25) is 5.02 Å². The molecule has 0 unspecified atom stereocenters. The number of aliphatic hydroxyl groups is 1. The first-order chi connectivity index (χ1) is 6.24. The second-order valence-electron chi connectivity index (χ2n) is 2.75. The number of carbonyl (C=O) groups is 1. The van der Waals surface area contributed by atoms with Gasteiger partial charge in [-0.3, -0.25) is 9.48 Å². The molecule has 2 heterocycles. The number of fused-ring (bicyclic) bond motifs is 1. The van der Waals surface area contributed by atoms with Crippen LogP contribution in [0.4, 0.5) is 0 Å². The SMILES string of the molecule is O=C1NCCn2nc(CO)c(Cl)c21. The summed E-state index contributed by atoms with van der Waals surface area (Å²) in [6.45, 7) is 0.904. The highest BCUT2D eigenvalue weighted by molar-refractivity contribution is 6.34. The molecule has 70 valence electrons. The molecule has 0 bridgehead atoms. The van der Waals surface area contributed by atoms with Crippen LogP contribution < -0.4 is 5.32 Å². The molecule has 2 rings (SSSR count). The summed E-state index contributed by atoms with van der Waals surface area (Å²) < 4.78 is 1.52. The molecule has 5 nitrogen and oxygen atoms in total. The predicted octanol–water partition coefficient (Wildman–Crippen LogP) is -0.228. The standard InChI is InChI=1S/C7H8ClN3O2/c8-5-4(3-12)10-11-2-1-9-7(13)6(5)11/h12H,1-3H2,(H,9,13). The summed E-state index contributed by atoms with van der Waals surface area (Å²) >= 11 is 5.83. The molecule has 0 atom stereocenters. The largest absolute Gasteiger partial charge is 0.390 e. The normalized spacial score (nSPS) is 15.4. The summed E-state index contributed by atoms with van der Waals surface area (Å²) in [5.74, 6) is -0.233. The number of hydrogen-bond acceptors (Lipinski definition) is 3. The molecule has 0 aliphatic carbocycles. The number of aliphatic hydroxyl groups excluding tert-OH is 1. The second-order valence-corrected chi connectivity index (χ2v) is 3.12. The van der Waals surface area contributed by atoms with Crippen molar-refractivity contribution >= 4 is 17.5 Å². The number of halogens is 1. The topological polar surface area (TPSA) is 67.2 Å². The highest BCUT2D eigenvalue weighted by Crippen LogP contribution is 2.22. The average molecular weight is 202 g/mol. The molecule has 2 N–H and O–H groups in total. The Kier molecular flexibility index (Phi) is 1.97. The van der Waals surface area contributed by atoms with Crippen LogP contribution in [0.3, 0.4) is 0 Å². The lowest BCUT2D eigenvalue weighted by atomic mass is 10.3. The van der Waals surface area contributed by atoms with E-state index in [4.69, 9.17) is 16.7 Å². The molecule has 0 aromatic carbocycles. The van der Waals surface area contributed by atoms with Gasteiger partial charge in [-0.15, -0.1) is 0 Å². The van der Waals surface area contributed by atoms with Crippen LogP contribution in [0.15, 0.2) is 0 Å². The number of hydrogen-bond donors (Lipinski definition) is 2. The Morgan fingerprint density at radius 2 is 2.46 bits per heavy atom. The first-order valence-electron chi connectivity index (χ1n) is 3.88. The van der Waals surface area contributed by atoms with E-state index in [9.17, 15) is 4.79 Å². The molecule has 1 amide bonds. The predicted molar refractivity (Wildman–Crippen MR) is 45.5 cm³/mol. The van der Waals surface area contributed by atoms with Crippen LogP contribution in [0, 0.1) is 0 Å². The maximum absolute atomic E-state index is 11.3. The minimum absolute atomic E-state index is 0.233. The first kappa shape index (κ1) is 8.52. The molecule has 1 aliphatic heterocycles. The van der Waals surface area contributed by atoms with Gasteiger partial charge in [-0.25, -0.2) is 0 Å². The van der Waals surface area contributed by atoms with Crippen molar-refractivity contribution in [1.82, 2.24) is 15.1 Å². The van der Waals surface area contributed by atoms with Gasteiger partial charge in [-0.2, -0.15) is 5.10 Å². The maximum atomic E-state index is 11.3. The van der Waals surface area contributed by atoms with Crippen molar-refractivity contribution in [1.29, 1.82) is 0 Å². The molecule has 6 heteroatoms. The van der Waals surface area contributed by atoms with E-state index >= 15 is 0 Å². The number of carbonyl (C=O) groups excluding carboxylic acids is 1. The highest BCUT2D eigenvalue weighted by Gasteiger charge is 2.24. The molecule has 0 saturated carbocycles. The minimum Gasteiger partial charge on any atom is -0.390 e. The van der Waals surface area contributed by atoms with E-state index in [-0.39, 0.29) is 17.5 Å². The van der Waals surface area contributed by atoms with Crippen LogP contribution in [-0.2, 0) is 13.2 Å². The van der Waals surface area contributed by atoms with Crippen molar-refractivity contribution in [3.8, 4) is 0 Å². The number of aromatic nitrogens is 2. The van der Waals surface area contributed by atoms with E-state index < -0.39 is 0 Å². The Balaban J connectivity index is 2.55. The number of amides is 1. The van der Waals surface area contributed by atoms with Gasteiger partial charge in [0.25, 0.3) is 5.91 Å². The molecule has 0 saturated heterocycles. The molecular formula is C7H8ClN3O2. The van der Waals surface area contributed by atoms with Crippen molar-refractivity contribution in [3.05, 3.63) is 16.4 Å². The lowest BCUT2D eigenvalue weighted by molar-refractivity contribution is 0.0924. The van der Waals surface area contributed by atoms with Gasteiger partial charge in [0.2, 0.25) is 0 Å². The number of nitrogens with one attached hydrogen (secondary N) is 1. The third kappa shape index (κ3) is 1.20. The Labute approximate surface area is 79.3 Å². The third-order valence-corrected chi connectivity index (χ3v) is 2.33. The van der Waals surface area contributed by atoms with E-state index in [1.54, 1.807) is 0 Å². The van der Waals surface area contributed by atoms with Gasteiger partial charge in [0.1, 0.15) is 11.4 Å². The molecule has 1 aromatic rings. The smallest absolute Gasteiger partial charge is 0.271 e. The van der Waals surface area contributed by atoms with Crippen molar-refractivity contribution in [2.45, 2.75) is 13.2 Å². The van der Waals surface area contributed by atoms with Gasteiger partial charge in [-0.1, -0.05) is 11.6 Å². The average Bonchev–Trinajstić information content (AvgIpc) is 2.44. The van der Waals surface area contributed by atoms with Crippen LogP contribution in [0.25, 0.3) is 0 Å². The fraction of sp³-hybridized carbons (Fsp3) is 0.429. The molecule has 0 spiro atoms. The van der Waals surface area contributed by atoms with Crippen molar-refractivity contribution < 1.29 is 9.90 Å². The van der Waals surface area contributed by atoms with Crippen molar-refractivity contribution in [2.75, 3.05) is 6.54 Å². The van der Waals surface area contributed by atoms with Gasteiger partial charge in [0.15, 0.2) is 0 Å². The van der Waals surface area contributed by atoms with Gasteiger partial charge < -0.3 is 10.4 Å². The van der Waals surface area contributed by atoms with Gasteiger partial charge in [-0.05, 0) is 0 Å². The second kappa shape index (κ2) is 3.01. The van der Waals surface area contributed by atoms with Crippen LogP contribution in [0.1, 0.15) is 16.2 Å². The zero-order valence-corrected chi connectivity index (χ0v) is 7.51. The summed E-state index contributed by atoms with van der Waals surface area (Å²) in [4.78, 5) is 11.3. The van der Waals surface area contributed by atoms with E-state index in [0.717, 1.165) is 0 Å². The maximum Gasteiger partial charge on any atom is 0.271 e. The van der Waals surface area contributed by atoms with E-state index in [1.807, 2.05) is 0 Å². The highest BCUT2D eigenvalue weighted by atomic mass is 35.5. The van der Waals surface area contributed by atoms with Crippen LogP contribution in [-0.4, -0.2) is 27.3 Å². The molecule has 0 fully saturated rings. The fourth-order valence-electron chi connectivity index (χ4n) is 1.33. The van der Waals surface area contributed by atoms with Crippen LogP contribution in [0.5, 0.6) is 0 Å². The molecule has 0 radical (unpaired) electrons. The molecule has 1 aromatic heterocycles. The third-order valence-electron chi connectivity index (χ3n) is 1.93. The summed E-state index contributed by atoms with van der Waals surface area (Å²) in [5.41, 5.74) is 0.700.